The van der Waals surface area contributed by atoms with Gasteiger partial charge in [-0.15, -0.1) is 11.3 Å². The van der Waals surface area contributed by atoms with Crippen LogP contribution in [0.3, 0.4) is 0 Å². The first-order valence-corrected chi connectivity index (χ1v) is 12.1. The highest BCUT2D eigenvalue weighted by molar-refractivity contribution is 7.09. The monoisotopic (exact) mass is 455 g/mol. The Bertz CT molecular complexity index is 994. The van der Waals surface area contributed by atoms with Crippen LogP contribution in [0.25, 0.3) is 11.1 Å². The van der Waals surface area contributed by atoms with Gasteiger partial charge in [0, 0.05) is 30.6 Å². The summed E-state index contributed by atoms with van der Waals surface area (Å²) >= 11 is 1.63. The Kier molecular flexibility index (Phi) is 7.68. The molecule has 1 fully saturated rings. The molecular weight excluding hydrogens is 426 g/mol. The highest BCUT2D eigenvalue weighted by atomic mass is 32.1. The fourth-order valence-corrected chi connectivity index (χ4v) is 4.71. The van der Waals surface area contributed by atoms with E-state index >= 15 is 0 Å². The maximum Gasteiger partial charge on any atom is 0.266 e. The predicted octanol–water partition coefficient (Wildman–Crippen LogP) is 3.74. The SMILES string of the molecule is CCC[C@H](NC(=O)C(Cc1cccs1)NC1CCOCC1)C(=O)c1nc2ccccc2o1. The number of benzene rings is 1. The number of ether oxygens (including phenoxy) is 1. The van der Waals surface area contributed by atoms with Crippen molar-refractivity contribution in [2.75, 3.05) is 13.2 Å². The van der Waals surface area contributed by atoms with Crippen molar-refractivity contribution in [1.29, 1.82) is 0 Å². The van der Waals surface area contributed by atoms with Crippen LogP contribution in [0.2, 0.25) is 0 Å². The van der Waals surface area contributed by atoms with E-state index in [2.05, 4.69) is 15.6 Å². The largest absolute Gasteiger partial charge is 0.434 e. The molecule has 170 valence electrons. The molecule has 1 amide bonds. The van der Waals surface area contributed by atoms with Crippen LogP contribution in [0, 0.1) is 0 Å². The van der Waals surface area contributed by atoms with Gasteiger partial charge in [0.1, 0.15) is 5.52 Å². The van der Waals surface area contributed by atoms with Crippen LogP contribution in [0.15, 0.2) is 46.2 Å². The van der Waals surface area contributed by atoms with Crippen LogP contribution >= 0.6 is 11.3 Å². The van der Waals surface area contributed by atoms with Crippen LogP contribution in [0.4, 0.5) is 0 Å². The van der Waals surface area contributed by atoms with Gasteiger partial charge in [0.25, 0.3) is 5.89 Å². The summed E-state index contributed by atoms with van der Waals surface area (Å²) in [6.45, 7) is 3.38. The molecule has 4 rings (SSSR count). The van der Waals surface area contributed by atoms with E-state index < -0.39 is 12.1 Å². The number of hydrogen-bond acceptors (Lipinski definition) is 7. The van der Waals surface area contributed by atoms with Crippen molar-refractivity contribution in [2.24, 2.45) is 0 Å². The van der Waals surface area contributed by atoms with Crippen LogP contribution in [-0.2, 0) is 16.0 Å². The summed E-state index contributed by atoms with van der Waals surface area (Å²) in [6.07, 6.45) is 3.59. The molecule has 1 unspecified atom stereocenters. The Labute approximate surface area is 191 Å². The van der Waals surface area contributed by atoms with Crippen LogP contribution < -0.4 is 10.6 Å². The van der Waals surface area contributed by atoms with Gasteiger partial charge < -0.3 is 19.8 Å². The zero-order valence-electron chi connectivity index (χ0n) is 18.2. The van der Waals surface area contributed by atoms with Crippen molar-refractivity contribution < 1.29 is 18.7 Å². The van der Waals surface area contributed by atoms with E-state index in [1.54, 1.807) is 23.5 Å². The molecule has 0 aliphatic carbocycles. The van der Waals surface area contributed by atoms with Crippen molar-refractivity contribution in [2.45, 2.75) is 57.2 Å². The number of amides is 1. The zero-order chi connectivity index (χ0) is 22.3. The normalized spacial score (nSPS) is 16.7. The van der Waals surface area contributed by atoms with Crippen LogP contribution in [-0.4, -0.2) is 48.0 Å². The number of nitrogens with one attached hydrogen (secondary N) is 2. The highest BCUT2D eigenvalue weighted by Gasteiger charge is 2.30. The number of oxazole rings is 1. The molecule has 0 bridgehead atoms. The number of carbonyl (C=O) groups excluding carboxylic acids is 2. The molecule has 8 heteroatoms. The van der Waals surface area contributed by atoms with E-state index in [1.807, 2.05) is 36.6 Å². The Morgan fingerprint density at radius 1 is 1.16 bits per heavy atom. The summed E-state index contributed by atoms with van der Waals surface area (Å²) in [5.41, 5.74) is 1.20. The minimum atomic E-state index is -0.678. The standard InChI is InChI=1S/C24H29N3O4S/c1-2-6-19(22(28)24-27-18-8-3-4-9-21(18)31-24)26-23(29)20(15-17-7-5-14-32-17)25-16-10-12-30-13-11-16/h3-5,7-9,14,16,19-20,25H,2,6,10-13,15H2,1H3,(H,26,29)/t19-,20?/m0/s1. The maximum atomic E-state index is 13.3. The second-order valence-corrected chi connectivity index (χ2v) is 9.12. The Morgan fingerprint density at radius 3 is 2.69 bits per heavy atom. The van der Waals surface area contributed by atoms with Gasteiger partial charge in [-0.25, -0.2) is 4.98 Å². The molecule has 2 N–H and O–H groups in total. The van der Waals surface area contributed by atoms with Gasteiger partial charge in [-0.1, -0.05) is 31.5 Å². The number of thiophene rings is 1. The summed E-state index contributed by atoms with van der Waals surface area (Å²) in [5, 5.41) is 8.50. The summed E-state index contributed by atoms with van der Waals surface area (Å²) < 4.78 is 11.1. The maximum absolute atomic E-state index is 13.3. The summed E-state index contributed by atoms with van der Waals surface area (Å²) in [5.74, 6) is -0.428. The lowest BCUT2D eigenvalue weighted by molar-refractivity contribution is -0.124. The number of Topliss-reactive ketones (excluding diaryl/α,β-unsaturated/α-hetero) is 1. The fraction of sp³-hybridized carbons (Fsp3) is 0.458. The molecule has 3 aromatic rings. The lowest BCUT2D eigenvalue weighted by Crippen LogP contribution is -2.54. The van der Waals surface area contributed by atoms with Gasteiger partial charge in [0.05, 0.1) is 12.1 Å². The summed E-state index contributed by atoms with van der Waals surface area (Å²) in [7, 11) is 0. The van der Waals surface area contributed by atoms with Gasteiger partial charge in [-0.3, -0.25) is 9.59 Å². The third kappa shape index (κ3) is 5.62. The number of hydrogen-bond donors (Lipinski definition) is 2. The fourth-order valence-electron chi connectivity index (χ4n) is 3.96. The number of nitrogens with zero attached hydrogens (tertiary/aromatic N) is 1. The third-order valence-electron chi connectivity index (χ3n) is 5.68. The average molecular weight is 456 g/mol. The van der Waals surface area contributed by atoms with Crippen molar-refractivity contribution >= 4 is 34.1 Å². The Hall–Kier alpha value is -2.55. The molecule has 1 aromatic carbocycles. The molecule has 32 heavy (non-hydrogen) atoms. The minimum Gasteiger partial charge on any atom is -0.434 e. The van der Waals surface area contributed by atoms with E-state index in [1.165, 1.54) is 0 Å². The van der Waals surface area contributed by atoms with Crippen LogP contribution in [0.5, 0.6) is 0 Å². The molecule has 2 atom stereocenters. The number of para-hydroxylation sites is 2. The number of rotatable bonds is 10. The number of ketones is 1. The molecule has 1 aliphatic heterocycles. The van der Waals surface area contributed by atoms with E-state index in [0.717, 1.165) is 24.1 Å². The van der Waals surface area contributed by atoms with Crippen molar-refractivity contribution in [1.82, 2.24) is 15.6 Å². The number of aromatic nitrogens is 1. The smallest absolute Gasteiger partial charge is 0.266 e. The van der Waals surface area contributed by atoms with Gasteiger partial charge in [-0.05, 0) is 42.8 Å². The average Bonchev–Trinajstić information content (AvgIpc) is 3.48. The van der Waals surface area contributed by atoms with Crippen molar-refractivity contribution in [3.8, 4) is 0 Å². The van der Waals surface area contributed by atoms with Gasteiger partial charge in [0.2, 0.25) is 11.7 Å². The second-order valence-electron chi connectivity index (χ2n) is 8.09. The van der Waals surface area contributed by atoms with Gasteiger partial charge >= 0.3 is 0 Å². The predicted molar refractivity (Wildman–Crippen MR) is 124 cm³/mol. The summed E-state index contributed by atoms with van der Waals surface area (Å²) in [6, 6.07) is 10.4. The molecule has 1 saturated heterocycles. The minimum absolute atomic E-state index is 0.0390. The lowest BCUT2D eigenvalue weighted by Gasteiger charge is -2.29. The van der Waals surface area contributed by atoms with Crippen molar-refractivity contribution in [3.05, 3.63) is 52.5 Å². The van der Waals surface area contributed by atoms with E-state index in [4.69, 9.17) is 9.15 Å². The molecule has 2 aromatic heterocycles. The molecule has 0 saturated carbocycles. The summed E-state index contributed by atoms with van der Waals surface area (Å²) in [4.78, 5) is 32.0. The Morgan fingerprint density at radius 2 is 1.97 bits per heavy atom. The van der Waals surface area contributed by atoms with E-state index in [9.17, 15) is 9.59 Å². The number of carbonyl (C=O) groups is 2. The first-order valence-electron chi connectivity index (χ1n) is 11.2. The second kappa shape index (κ2) is 10.8. The quantitative estimate of drug-likeness (QED) is 0.453. The van der Waals surface area contributed by atoms with E-state index in [-0.39, 0.29) is 23.6 Å². The molecule has 0 radical (unpaired) electrons. The molecule has 3 heterocycles. The lowest BCUT2D eigenvalue weighted by atomic mass is 10.0. The molecule has 7 nitrogen and oxygen atoms in total. The highest BCUT2D eigenvalue weighted by Crippen LogP contribution is 2.18. The number of fused-ring (bicyclic) bond motifs is 1. The molecular formula is C24H29N3O4S. The van der Waals surface area contributed by atoms with Crippen LogP contribution in [0.1, 0.15) is 48.2 Å². The zero-order valence-corrected chi connectivity index (χ0v) is 19.0. The topological polar surface area (TPSA) is 93.5 Å². The van der Waals surface area contributed by atoms with E-state index in [0.29, 0.717) is 37.2 Å². The Balaban J connectivity index is 1.49. The van der Waals surface area contributed by atoms with Gasteiger partial charge in [-0.2, -0.15) is 0 Å². The molecule has 1 aliphatic rings. The first kappa shape index (κ1) is 22.6. The van der Waals surface area contributed by atoms with Crippen molar-refractivity contribution in [3.63, 3.8) is 0 Å². The molecule has 0 spiro atoms. The van der Waals surface area contributed by atoms with Gasteiger partial charge in [0.15, 0.2) is 5.58 Å². The first-order chi connectivity index (χ1) is 15.6. The third-order valence-corrected chi connectivity index (χ3v) is 6.57.